The number of fused-ring (bicyclic) bond motifs is 1. The number of halogens is 2. The molecule has 184 valence electrons. The first-order chi connectivity index (χ1) is 17.0. The Labute approximate surface area is 207 Å². The summed E-state index contributed by atoms with van der Waals surface area (Å²) in [4.78, 5) is 20.9. The number of carbonyl (C=O) groups is 1. The van der Waals surface area contributed by atoms with Crippen molar-refractivity contribution in [2.24, 2.45) is 5.92 Å². The predicted molar refractivity (Wildman–Crippen MR) is 132 cm³/mol. The van der Waals surface area contributed by atoms with Crippen molar-refractivity contribution < 1.29 is 18.7 Å². The summed E-state index contributed by atoms with van der Waals surface area (Å²) in [7, 11) is 1.58. The molecule has 35 heavy (non-hydrogen) atoms. The number of nitrogens with zero attached hydrogens (tertiary/aromatic N) is 2. The molecule has 1 amide bonds. The number of methoxy groups -OCH3 is 1. The second-order valence-corrected chi connectivity index (χ2v) is 9.25. The second kappa shape index (κ2) is 10.2. The zero-order valence-corrected chi connectivity index (χ0v) is 20.1. The van der Waals surface area contributed by atoms with E-state index in [1.54, 1.807) is 25.3 Å². The van der Waals surface area contributed by atoms with Gasteiger partial charge in [0.05, 0.1) is 35.5 Å². The summed E-state index contributed by atoms with van der Waals surface area (Å²) in [6.45, 7) is 1.48. The van der Waals surface area contributed by atoms with Crippen LogP contribution in [0.15, 0.2) is 36.7 Å². The molecule has 0 radical (unpaired) electrons. The van der Waals surface area contributed by atoms with Gasteiger partial charge < -0.3 is 25.4 Å². The van der Waals surface area contributed by atoms with Gasteiger partial charge in [0.2, 0.25) is 5.91 Å². The third kappa shape index (κ3) is 4.97. The average molecular weight is 500 g/mol. The largest absolute Gasteiger partial charge is 0.493 e. The Bertz CT molecular complexity index is 1240. The Morgan fingerprint density at radius 3 is 2.71 bits per heavy atom. The summed E-state index contributed by atoms with van der Waals surface area (Å²) in [6.07, 6.45) is 4.87. The van der Waals surface area contributed by atoms with Gasteiger partial charge in [0.25, 0.3) is 0 Å². The highest BCUT2D eigenvalue weighted by molar-refractivity contribution is 6.31. The Hall–Kier alpha value is -3.17. The Morgan fingerprint density at radius 2 is 1.94 bits per heavy atom. The van der Waals surface area contributed by atoms with Crippen molar-refractivity contribution in [3.63, 3.8) is 0 Å². The van der Waals surface area contributed by atoms with Gasteiger partial charge in [-0.25, -0.2) is 14.4 Å². The summed E-state index contributed by atoms with van der Waals surface area (Å²) in [6, 6.07) is 8.22. The third-order valence-corrected chi connectivity index (χ3v) is 6.97. The fraction of sp³-hybridized carbons (Fsp3) is 0.400. The number of carbonyl (C=O) groups excluding carboxylic acids is 1. The number of benzene rings is 2. The normalized spacial score (nSPS) is 22.5. The average Bonchev–Trinajstić information content (AvgIpc) is 2.87. The standard InChI is InChI=1S/C25H27ClFN5O3/c1-34-20-12-19-16(24(31-13-30-19)32-18-4-2-3-17(26)22(18)27)11-21(20)35-15-7-5-14(6-8-15)23-25(33)29-10-9-28-23/h2-4,11-15,23,28H,5-10H2,1H3,(H,29,33)(H,30,31,32)/t14?,15?,23-/m0/s1. The van der Waals surface area contributed by atoms with Crippen molar-refractivity contribution in [1.82, 2.24) is 20.6 Å². The van der Waals surface area contributed by atoms with Crippen molar-refractivity contribution in [1.29, 1.82) is 0 Å². The molecule has 1 aliphatic heterocycles. The molecule has 0 spiro atoms. The van der Waals surface area contributed by atoms with Crippen LogP contribution in [-0.2, 0) is 4.79 Å². The number of piperazine rings is 1. The highest BCUT2D eigenvalue weighted by Crippen LogP contribution is 2.38. The van der Waals surface area contributed by atoms with Crippen LogP contribution in [0.3, 0.4) is 0 Å². The van der Waals surface area contributed by atoms with E-state index in [1.807, 2.05) is 6.07 Å². The van der Waals surface area contributed by atoms with E-state index in [9.17, 15) is 9.18 Å². The quantitative estimate of drug-likeness (QED) is 0.467. The van der Waals surface area contributed by atoms with Gasteiger partial charge in [-0.05, 0) is 49.8 Å². The van der Waals surface area contributed by atoms with E-state index < -0.39 is 5.82 Å². The minimum absolute atomic E-state index is 0.00401. The topological polar surface area (TPSA) is 97.4 Å². The smallest absolute Gasteiger partial charge is 0.237 e. The molecule has 3 aromatic rings. The lowest BCUT2D eigenvalue weighted by atomic mass is 9.81. The van der Waals surface area contributed by atoms with E-state index in [0.29, 0.717) is 40.7 Å². The van der Waals surface area contributed by atoms with Crippen molar-refractivity contribution in [2.45, 2.75) is 37.8 Å². The first-order valence-corrected chi connectivity index (χ1v) is 12.1. The highest BCUT2D eigenvalue weighted by atomic mass is 35.5. The number of hydrogen-bond donors (Lipinski definition) is 3. The predicted octanol–water partition coefficient (Wildman–Crippen LogP) is 4.20. The minimum Gasteiger partial charge on any atom is -0.493 e. The molecular weight excluding hydrogens is 473 g/mol. The fourth-order valence-corrected chi connectivity index (χ4v) is 5.03. The molecule has 2 fully saturated rings. The summed E-state index contributed by atoms with van der Waals surface area (Å²) in [5.74, 6) is 1.40. The minimum atomic E-state index is -0.552. The Morgan fingerprint density at radius 1 is 1.11 bits per heavy atom. The van der Waals surface area contributed by atoms with Crippen LogP contribution in [0, 0.1) is 11.7 Å². The van der Waals surface area contributed by atoms with E-state index in [2.05, 4.69) is 25.9 Å². The van der Waals surface area contributed by atoms with Crippen molar-refractivity contribution in [3.8, 4) is 11.5 Å². The van der Waals surface area contributed by atoms with Crippen LogP contribution in [0.1, 0.15) is 25.7 Å². The number of rotatable bonds is 6. The summed E-state index contributed by atoms with van der Waals surface area (Å²) in [5.41, 5.74) is 0.849. The molecule has 3 N–H and O–H groups in total. The molecule has 2 heterocycles. The maximum atomic E-state index is 14.5. The summed E-state index contributed by atoms with van der Waals surface area (Å²) < 4.78 is 26.4. The monoisotopic (exact) mass is 499 g/mol. The first kappa shape index (κ1) is 23.6. The van der Waals surface area contributed by atoms with Crippen LogP contribution in [0.2, 0.25) is 5.02 Å². The third-order valence-electron chi connectivity index (χ3n) is 6.68. The van der Waals surface area contributed by atoms with Crippen LogP contribution >= 0.6 is 11.6 Å². The number of aromatic nitrogens is 2. The van der Waals surface area contributed by atoms with Crippen LogP contribution < -0.4 is 25.4 Å². The Balaban J connectivity index is 1.36. The number of nitrogens with one attached hydrogen (secondary N) is 3. The molecular formula is C25H27ClFN5O3. The van der Waals surface area contributed by atoms with E-state index in [0.717, 1.165) is 32.2 Å². The van der Waals surface area contributed by atoms with Crippen molar-refractivity contribution >= 4 is 39.9 Å². The molecule has 8 nitrogen and oxygen atoms in total. The highest BCUT2D eigenvalue weighted by Gasteiger charge is 2.34. The van der Waals surface area contributed by atoms with Gasteiger partial charge in [-0.15, -0.1) is 0 Å². The molecule has 5 rings (SSSR count). The lowest BCUT2D eigenvalue weighted by Crippen LogP contribution is -2.56. The number of ether oxygens (including phenoxy) is 2. The molecule has 1 aliphatic carbocycles. The number of hydrogen-bond acceptors (Lipinski definition) is 7. The Kier molecular flexibility index (Phi) is 6.88. The van der Waals surface area contributed by atoms with Gasteiger partial charge in [-0.2, -0.15) is 0 Å². The molecule has 2 aromatic carbocycles. The van der Waals surface area contributed by atoms with E-state index in [-0.39, 0.29) is 28.8 Å². The second-order valence-electron chi connectivity index (χ2n) is 8.85. The van der Waals surface area contributed by atoms with Crippen LogP contribution in [-0.4, -0.2) is 48.2 Å². The van der Waals surface area contributed by atoms with Gasteiger partial charge in [0.15, 0.2) is 17.3 Å². The molecule has 0 unspecified atom stereocenters. The summed E-state index contributed by atoms with van der Waals surface area (Å²) in [5, 5.41) is 10.00. The fourth-order valence-electron chi connectivity index (χ4n) is 4.86. The van der Waals surface area contributed by atoms with E-state index >= 15 is 0 Å². The van der Waals surface area contributed by atoms with Gasteiger partial charge in [-0.1, -0.05) is 17.7 Å². The van der Waals surface area contributed by atoms with Crippen molar-refractivity contribution in [2.75, 3.05) is 25.5 Å². The lowest BCUT2D eigenvalue weighted by Gasteiger charge is -2.35. The maximum absolute atomic E-state index is 14.5. The zero-order chi connectivity index (χ0) is 24.4. The molecule has 1 aromatic heterocycles. The van der Waals surface area contributed by atoms with Crippen LogP contribution in [0.4, 0.5) is 15.9 Å². The lowest BCUT2D eigenvalue weighted by molar-refractivity contribution is -0.126. The molecule has 2 aliphatic rings. The molecule has 1 saturated heterocycles. The van der Waals surface area contributed by atoms with Crippen molar-refractivity contribution in [3.05, 3.63) is 47.5 Å². The molecule has 10 heteroatoms. The first-order valence-electron chi connectivity index (χ1n) is 11.7. The van der Waals surface area contributed by atoms with Gasteiger partial charge in [0.1, 0.15) is 12.1 Å². The van der Waals surface area contributed by atoms with Gasteiger partial charge in [0, 0.05) is 24.5 Å². The maximum Gasteiger partial charge on any atom is 0.237 e. The number of amides is 1. The summed E-state index contributed by atoms with van der Waals surface area (Å²) >= 11 is 5.93. The van der Waals surface area contributed by atoms with Gasteiger partial charge in [-0.3, -0.25) is 4.79 Å². The molecule has 1 atom stereocenters. The van der Waals surface area contributed by atoms with E-state index in [1.165, 1.54) is 12.4 Å². The van der Waals surface area contributed by atoms with Crippen LogP contribution in [0.5, 0.6) is 11.5 Å². The molecule has 0 bridgehead atoms. The van der Waals surface area contributed by atoms with Crippen LogP contribution in [0.25, 0.3) is 10.9 Å². The number of anilines is 2. The zero-order valence-electron chi connectivity index (χ0n) is 19.3. The van der Waals surface area contributed by atoms with E-state index in [4.69, 9.17) is 21.1 Å². The van der Waals surface area contributed by atoms with Gasteiger partial charge >= 0.3 is 0 Å². The molecule has 1 saturated carbocycles. The SMILES string of the molecule is COc1cc2ncnc(Nc3cccc(Cl)c3F)c2cc1OC1CCC([C@@H]2NCCNC2=O)CC1.